The zero-order valence-corrected chi connectivity index (χ0v) is 13.7. The van der Waals surface area contributed by atoms with Crippen LogP contribution in [0.3, 0.4) is 0 Å². The Kier molecular flexibility index (Phi) is 3.70. The monoisotopic (exact) mass is 328 g/mol. The number of amides is 1. The van der Waals surface area contributed by atoms with Crippen molar-refractivity contribution in [2.75, 3.05) is 5.32 Å². The van der Waals surface area contributed by atoms with Gasteiger partial charge in [0.15, 0.2) is 0 Å². The normalized spacial score (nSPS) is 19.5. The van der Waals surface area contributed by atoms with Crippen LogP contribution in [0.2, 0.25) is 0 Å². The maximum absolute atomic E-state index is 12.6. The Labute approximate surface area is 139 Å². The van der Waals surface area contributed by atoms with Gasteiger partial charge in [-0.25, -0.2) is 4.68 Å². The Balaban J connectivity index is 1.50. The van der Waals surface area contributed by atoms with Crippen LogP contribution in [0.5, 0.6) is 0 Å². The molecule has 0 saturated carbocycles. The summed E-state index contributed by atoms with van der Waals surface area (Å²) in [5, 5.41) is 11.3. The van der Waals surface area contributed by atoms with E-state index >= 15 is 0 Å². The minimum atomic E-state index is -0.171. The highest BCUT2D eigenvalue weighted by Crippen LogP contribution is 2.29. The number of nitrogens with zero attached hydrogens (tertiary/aromatic N) is 3. The molecule has 0 radical (unpaired) electrons. The van der Waals surface area contributed by atoms with Crippen LogP contribution in [0.1, 0.15) is 41.8 Å². The average Bonchev–Trinajstić information content (AvgIpc) is 2.99. The van der Waals surface area contributed by atoms with E-state index in [1.165, 1.54) is 4.68 Å². The second-order valence-corrected chi connectivity index (χ2v) is 6.65. The van der Waals surface area contributed by atoms with E-state index in [0.717, 1.165) is 54.6 Å². The first-order chi connectivity index (χ1) is 11.6. The van der Waals surface area contributed by atoms with Gasteiger partial charge in [0.2, 0.25) is 11.8 Å². The van der Waals surface area contributed by atoms with Gasteiger partial charge in [-0.2, -0.15) is 5.10 Å². The summed E-state index contributed by atoms with van der Waals surface area (Å²) in [6.45, 7) is 0. The van der Waals surface area contributed by atoms with Gasteiger partial charge in [0.05, 0.1) is 11.4 Å². The minimum absolute atomic E-state index is 0.0640. The third-order valence-corrected chi connectivity index (χ3v) is 5.02. The fourth-order valence-corrected chi connectivity index (χ4v) is 3.61. The van der Waals surface area contributed by atoms with Gasteiger partial charge in [0.25, 0.3) is 5.56 Å². The predicted molar refractivity (Wildman–Crippen MR) is 86.8 cm³/mol. The first-order valence-electron chi connectivity index (χ1n) is 8.46. The van der Waals surface area contributed by atoms with Gasteiger partial charge in [-0.3, -0.25) is 14.9 Å². The number of anilines is 1. The van der Waals surface area contributed by atoms with Gasteiger partial charge >= 0.3 is 0 Å². The second-order valence-electron chi connectivity index (χ2n) is 6.65. The molecule has 4 rings (SSSR count). The Morgan fingerprint density at radius 2 is 2.12 bits per heavy atom. The highest BCUT2D eigenvalue weighted by molar-refractivity contribution is 5.92. The van der Waals surface area contributed by atoms with E-state index in [1.807, 2.05) is 0 Å². The number of aryl methyl sites for hydroxylation is 3. The molecule has 7 nitrogen and oxygen atoms in total. The van der Waals surface area contributed by atoms with Crippen molar-refractivity contribution >= 4 is 11.8 Å². The van der Waals surface area contributed by atoms with Crippen LogP contribution in [0.4, 0.5) is 5.88 Å². The van der Waals surface area contributed by atoms with Gasteiger partial charge in [0, 0.05) is 24.6 Å². The molecular formula is C17H20N4O3. The van der Waals surface area contributed by atoms with E-state index < -0.39 is 0 Å². The molecule has 0 aromatic carbocycles. The molecule has 2 heterocycles. The number of carbonyl (C=O) groups is 1. The molecule has 2 aromatic heterocycles. The van der Waals surface area contributed by atoms with E-state index in [2.05, 4.69) is 15.6 Å². The quantitative estimate of drug-likeness (QED) is 0.900. The molecule has 2 aliphatic carbocycles. The van der Waals surface area contributed by atoms with Crippen LogP contribution in [-0.4, -0.2) is 20.8 Å². The van der Waals surface area contributed by atoms with Crippen molar-refractivity contribution in [1.29, 1.82) is 0 Å². The molecule has 1 atom stereocenters. The van der Waals surface area contributed by atoms with E-state index in [-0.39, 0.29) is 17.4 Å². The summed E-state index contributed by atoms with van der Waals surface area (Å²) in [6, 6.07) is 1.60. The van der Waals surface area contributed by atoms with Gasteiger partial charge in [-0.15, -0.1) is 0 Å². The molecule has 0 saturated heterocycles. The molecule has 0 spiro atoms. The lowest BCUT2D eigenvalue weighted by Gasteiger charge is -2.23. The molecule has 0 bridgehead atoms. The molecule has 24 heavy (non-hydrogen) atoms. The largest absolute Gasteiger partial charge is 0.338 e. The summed E-state index contributed by atoms with van der Waals surface area (Å²) >= 11 is 0. The maximum atomic E-state index is 12.6. The lowest BCUT2D eigenvalue weighted by atomic mass is 9.86. The second kappa shape index (κ2) is 5.89. The summed E-state index contributed by atoms with van der Waals surface area (Å²) < 4.78 is 6.68. The number of rotatable bonds is 2. The Morgan fingerprint density at radius 3 is 3.00 bits per heavy atom. The van der Waals surface area contributed by atoms with Gasteiger partial charge < -0.3 is 4.52 Å². The number of hydrogen-bond acceptors (Lipinski definition) is 5. The van der Waals surface area contributed by atoms with Crippen molar-refractivity contribution in [3.63, 3.8) is 0 Å². The summed E-state index contributed by atoms with van der Waals surface area (Å²) in [4.78, 5) is 24.4. The van der Waals surface area contributed by atoms with Crippen molar-refractivity contribution in [2.24, 2.45) is 13.0 Å². The third-order valence-electron chi connectivity index (χ3n) is 5.02. The highest BCUT2D eigenvalue weighted by Gasteiger charge is 2.28. The van der Waals surface area contributed by atoms with Crippen molar-refractivity contribution < 1.29 is 9.32 Å². The molecule has 7 heteroatoms. The van der Waals surface area contributed by atoms with Crippen molar-refractivity contribution in [3.05, 3.63) is 38.9 Å². The minimum Gasteiger partial charge on any atom is -0.338 e. The number of aromatic nitrogens is 3. The molecule has 1 N–H and O–H groups in total. The summed E-state index contributed by atoms with van der Waals surface area (Å²) in [5.41, 5.74) is 3.67. The van der Waals surface area contributed by atoms with E-state index in [9.17, 15) is 9.59 Å². The Morgan fingerprint density at radius 1 is 1.29 bits per heavy atom. The Bertz CT molecular complexity index is 852. The van der Waals surface area contributed by atoms with Crippen LogP contribution >= 0.6 is 0 Å². The van der Waals surface area contributed by atoms with Crippen LogP contribution in [-0.2, 0) is 37.5 Å². The summed E-state index contributed by atoms with van der Waals surface area (Å²) in [7, 11) is 1.65. The topological polar surface area (TPSA) is 90.0 Å². The molecular weight excluding hydrogens is 308 g/mol. The number of carbonyl (C=O) groups excluding carboxylic acids is 1. The first-order valence-corrected chi connectivity index (χ1v) is 8.46. The number of fused-ring (bicyclic) bond motifs is 2. The van der Waals surface area contributed by atoms with Gasteiger partial charge in [-0.05, 0) is 50.5 Å². The highest BCUT2D eigenvalue weighted by atomic mass is 16.5. The number of nitrogens with one attached hydrogen (secondary N) is 1. The number of hydrogen-bond donors (Lipinski definition) is 1. The van der Waals surface area contributed by atoms with Crippen molar-refractivity contribution in [2.45, 2.75) is 44.9 Å². The lowest BCUT2D eigenvalue weighted by molar-refractivity contribution is -0.120. The predicted octanol–water partition coefficient (Wildman–Crippen LogP) is 1.39. The smallest absolute Gasteiger partial charge is 0.266 e. The van der Waals surface area contributed by atoms with Crippen molar-refractivity contribution in [3.8, 4) is 0 Å². The molecule has 1 unspecified atom stereocenters. The molecule has 0 aliphatic heterocycles. The van der Waals surface area contributed by atoms with E-state index in [4.69, 9.17) is 4.52 Å². The van der Waals surface area contributed by atoms with E-state index in [1.54, 1.807) is 13.1 Å². The Hall–Kier alpha value is -2.44. The average molecular weight is 328 g/mol. The van der Waals surface area contributed by atoms with Gasteiger partial charge in [-0.1, -0.05) is 5.16 Å². The van der Waals surface area contributed by atoms with Crippen LogP contribution in [0.15, 0.2) is 15.4 Å². The maximum Gasteiger partial charge on any atom is 0.266 e. The molecule has 0 fully saturated rings. The standard InChI is InChI=1S/C17H20N4O3/c1-21-15(22)9-11-8-10(6-7-13(11)19-21)16(23)18-17-12-4-2-3-5-14(12)20-24-17/h9-10H,2-8H2,1H3,(H,18,23). The van der Waals surface area contributed by atoms with Crippen LogP contribution in [0, 0.1) is 5.92 Å². The fourth-order valence-electron chi connectivity index (χ4n) is 3.61. The first kappa shape index (κ1) is 15.1. The third kappa shape index (κ3) is 2.64. The van der Waals surface area contributed by atoms with Gasteiger partial charge in [0.1, 0.15) is 0 Å². The zero-order valence-electron chi connectivity index (χ0n) is 13.7. The van der Waals surface area contributed by atoms with Crippen molar-refractivity contribution in [1.82, 2.24) is 14.9 Å². The zero-order chi connectivity index (χ0) is 16.7. The lowest BCUT2D eigenvalue weighted by Crippen LogP contribution is -2.31. The summed E-state index contributed by atoms with van der Waals surface area (Å²) in [6.07, 6.45) is 6.01. The summed E-state index contributed by atoms with van der Waals surface area (Å²) in [5.74, 6) is 0.268. The molecule has 2 aliphatic rings. The SMILES string of the molecule is Cn1nc2c(cc1=O)CC(C(=O)Nc1onc3c1CCCC3)CC2. The van der Waals surface area contributed by atoms with E-state index in [0.29, 0.717) is 18.7 Å². The molecule has 126 valence electrons. The van der Waals surface area contributed by atoms with Crippen LogP contribution in [0.25, 0.3) is 0 Å². The molecule has 1 amide bonds. The fraction of sp³-hybridized carbons (Fsp3) is 0.529. The molecule has 2 aromatic rings. The van der Waals surface area contributed by atoms with Crippen LogP contribution < -0.4 is 10.9 Å².